The predicted octanol–water partition coefficient (Wildman–Crippen LogP) is 3.46. The molecule has 80 valence electrons. The lowest BCUT2D eigenvalue weighted by atomic mass is 10.1. The minimum Gasteiger partial charge on any atom is -0.322 e. The first kappa shape index (κ1) is 11.7. The lowest BCUT2D eigenvalue weighted by molar-refractivity contribution is 0.598. The highest BCUT2D eigenvalue weighted by atomic mass is 32.1. The second-order valence-electron chi connectivity index (χ2n) is 4.01. The molecule has 0 aliphatic heterocycles. The van der Waals surface area contributed by atoms with Gasteiger partial charge in [-0.25, -0.2) is 4.98 Å². The fourth-order valence-electron chi connectivity index (χ4n) is 1.28. The van der Waals surface area contributed by atoms with Crippen molar-refractivity contribution in [2.75, 3.05) is 0 Å². The maximum Gasteiger partial charge on any atom is 0.110 e. The van der Waals surface area contributed by atoms with E-state index in [0.29, 0.717) is 5.92 Å². The highest BCUT2D eigenvalue weighted by molar-refractivity contribution is 7.09. The summed E-state index contributed by atoms with van der Waals surface area (Å²) in [4.78, 5) is 4.56. The molecule has 1 aromatic heterocycles. The van der Waals surface area contributed by atoms with Gasteiger partial charge in [-0.15, -0.1) is 11.3 Å². The van der Waals surface area contributed by atoms with Crippen LogP contribution >= 0.6 is 11.3 Å². The van der Waals surface area contributed by atoms with Gasteiger partial charge in [0.15, 0.2) is 0 Å². The van der Waals surface area contributed by atoms with Crippen LogP contribution in [0.25, 0.3) is 0 Å². The van der Waals surface area contributed by atoms with Gasteiger partial charge >= 0.3 is 0 Å². The van der Waals surface area contributed by atoms with Gasteiger partial charge in [-0.1, -0.05) is 33.6 Å². The van der Waals surface area contributed by atoms with E-state index in [-0.39, 0.29) is 6.04 Å². The lowest BCUT2D eigenvalue weighted by Gasteiger charge is -2.06. The van der Waals surface area contributed by atoms with Crippen LogP contribution < -0.4 is 5.73 Å². The summed E-state index contributed by atoms with van der Waals surface area (Å²) in [5.41, 5.74) is 7.22. The van der Waals surface area contributed by atoms with Crippen molar-refractivity contribution in [1.29, 1.82) is 0 Å². The minimum atomic E-state index is 0.146. The van der Waals surface area contributed by atoms with Crippen molar-refractivity contribution in [1.82, 2.24) is 4.98 Å². The van der Waals surface area contributed by atoms with Gasteiger partial charge in [-0.3, -0.25) is 0 Å². The maximum atomic E-state index is 6.04. The molecule has 0 amide bonds. The number of nitrogens with two attached hydrogens (primary N) is 1. The Labute approximate surface area is 90.6 Å². The Morgan fingerprint density at radius 2 is 2.21 bits per heavy atom. The number of hydrogen-bond donors (Lipinski definition) is 1. The second-order valence-corrected chi connectivity index (χ2v) is 4.90. The van der Waals surface area contributed by atoms with Crippen LogP contribution in [0.3, 0.4) is 0 Å². The Bertz CT molecular complexity index is 268. The zero-order valence-corrected chi connectivity index (χ0v) is 10.1. The second kappa shape index (κ2) is 5.47. The molecule has 2 nitrogen and oxygen atoms in total. The van der Waals surface area contributed by atoms with Crippen molar-refractivity contribution < 1.29 is 0 Å². The van der Waals surface area contributed by atoms with E-state index in [1.165, 1.54) is 18.5 Å². The van der Waals surface area contributed by atoms with Crippen molar-refractivity contribution in [3.05, 3.63) is 16.1 Å². The molecule has 2 N–H and O–H groups in total. The SMILES string of the molecule is CCCCC(N)c1nc(C(C)C)cs1. The van der Waals surface area contributed by atoms with Crippen molar-refractivity contribution in [3.8, 4) is 0 Å². The smallest absolute Gasteiger partial charge is 0.110 e. The third kappa shape index (κ3) is 3.07. The van der Waals surface area contributed by atoms with Crippen LogP contribution in [0.5, 0.6) is 0 Å². The molecular formula is C11H20N2S. The first-order valence-corrected chi connectivity index (χ1v) is 6.24. The highest BCUT2D eigenvalue weighted by Crippen LogP contribution is 2.24. The molecule has 1 aromatic rings. The fraction of sp³-hybridized carbons (Fsp3) is 0.727. The lowest BCUT2D eigenvalue weighted by Crippen LogP contribution is -2.09. The van der Waals surface area contributed by atoms with E-state index < -0.39 is 0 Å². The Kier molecular flexibility index (Phi) is 4.55. The van der Waals surface area contributed by atoms with E-state index in [2.05, 4.69) is 31.1 Å². The van der Waals surface area contributed by atoms with Gasteiger partial charge in [0.05, 0.1) is 11.7 Å². The van der Waals surface area contributed by atoms with Crippen LogP contribution in [0.15, 0.2) is 5.38 Å². The predicted molar refractivity (Wildman–Crippen MR) is 62.7 cm³/mol. The molecule has 0 aromatic carbocycles. The number of unbranched alkanes of at least 4 members (excludes halogenated alkanes) is 1. The van der Waals surface area contributed by atoms with Gasteiger partial charge in [0.1, 0.15) is 5.01 Å². The summed E-state index contributed by atoms with van der Waals surface area (Å²) in [7, 11) is 0. The summed E-state index contributed by atoms with van der Waals surface area (Å²) < 4.78 is 0. The highest BCUT2D eigenvalue weighted by Gasteiger charge is 2.11. The quantitative estimate of drug-likeness (QED) is 0.812. The first-order valence-electron chi connectivity index (χ1n) is 5.36. The van der Waals surface area contributed by atoms with Crippen molar-refractivity contribution in [2.24, 2.45) is 5.73 Å². The van der Waals surface area contributed by atoms with E-state index in [4.69, 9.17) is 5.73 Å². The Morgan fingerprint density at radius 1 is 1.50 bits per heavy atom. The molecule has 1 unspecified atom stereocenters. The molecule has 0 bridgehead atoms. The van der Waals surface area contributed by atoms with Crippen LogP contribution in [0, 0.1) is 0 Å². The molecule has 1 heterocycles. The van der Waals surface area contributed by atoms with Gasteiger partial charge in [0.2, 0.25) is 0 Å². The molecule has 0 radical (unpaired) electrons. The van der Waals surface area contributed by atoms with E-state index in [9.17, 15) is 0 Å². The topological polar surface area (TPSA) is 38.9 Å². The van der Waals surface area contributed by atoms with Crippen LogP contribution in [0.4, 0.5) is 0 Å². The fourth-order valence-corrected chi connectivity index (χ4v) is 2.30. The number of hydrogen-bond acceptors (Lipinski definition) is 3. The van der Waals surface area contributed by atoms with Gasteiger partial charge in [-0.2, -0.15) is 0 Å². The molecule has 3 heteroatoms. The number of rotatable bonds is 5. The van der Waals surface area contributed by atoms with Crippen molar-refractivity contribution in [3.63, 3.8) is 0 Å². The largest absolute Gasteiger partial charge is 0.322 e. The average Bonchev–Trinajstić information content (AvgIpc) is 2.62. The number of nitrogens with zero attached hydrogens (tertiary/aromatic N) is 1. The standard InChI is InChI=1S/C11H20N2S/c1-4-5-6-9(12)11-13-10(7-14-11)8(2)3/h7-9H,4-6,12H2,1-3H3. The van der Waals surface area contributed by atoms with Crippen LogP contribution in [0.1, 0.15) is 62.7 Å². The Balaban J connectivity index is 2.57. The third-order valence-corrected chi connectivity index (χ3v) is 3.31. The molecule has 0 spiro atoms. The van der Waals surface area contributed by atoms with Gasteiger partial charge in [0, 0.05) is 5.38 Å². The molecule has 0 saturated carbocycles. The third-order valence-electron chi connectivity index (χ3n) is 2.32. The van der Waals surface area contributed by atoms with E-state index in [1.807, 2.05) is 0 Å². The normalized spacial score (nSPS) is 13.5. The summed E-state index contributed by atoms with van der Waals surface area (Å²) in [6.07, 6.45) is 3.45. The zero-order chi connectivity index (χ0) is 10.6. The number of aromatic nitrogens is 1. The van der Waals surface area contributed by atoms with Crippen LogP contribution in [-0.2, 0) is 0 Å². The zero-order valence-electron chi connectivity index (χ0n) is 9.29. The van der Waals surface area contributed by atoms with E-state index in [1.54, 1.807) is 11.3 Å². The molecule has 1 atom stereocenters. The summed E-state index contributed by atoms with van der Waals surface area (Å²) >= 11 is 1.70. The van der Waals surface area contributed by atoms with E-state index >= 15 is 0 Å². The van der Waals surface area contributed by atoms with Gasteiger partial charge in [0.25, 0.3) is 0 Å². The average molecular weight is 212 g/mol. The first-order chi connectivity index (χ1) is 6.65. The van der Waals surface area contributed by atoms with Crippen LogP contribution in [0.2, 0.25) is 0 Å². The molecule has 1 rings (SSSR count). The molecule has 14 heavy (non-hydrogen) atoms. The summed E-state index contributed by atoms with van der Waals surface area (Å²) in [6, 6.07) is 0.146. The molecule has 0 aliphatic carbocycles. The minimum absolute atomic E-state index is 0.146. The molecular weight excluding hydrogens is 192 g/mol. The molecule has 0 saturated heterocycles. The van der Waals surface area contributed by atoms with Crippen LogP contribution in [-0.4, -0.2) is 4.98 Å². The Hall–Kier alpha value is -0.410. The summed E-state index contributed by atoms with van der Waals surface area (Å²) in [5.74, 6) is 0.512. The summed E-state index contributed by atoms with van der Waals surface area (Å²) in [6.45, 7) is 6.51. The monoisotopic (exact) mass is 212 g/mol. The van der Waals surface area contributed by atoms with E-state index in [0.717, 1.165) is 11.4 Å². The van der Waals surface area contributed by atoms with Gasteiger partial charge in [-0.05, 0) is 12.3 Å². The Morgan fingerprint density at radius 3 is 2.71 bits per heavy atom. The summed E-state index contributed by atoms with van der Waals surface area (Å²) in [5, 5.41) is 3.23. The molecule has 0 aliphatic rings. The maximum absolute atomic E-state index is 6.04. The van der Waals surface area contributed by atoms with Crippen molar-refractivity contribution in [2.45, 2.75) is 52.0 Å². The van der Waals surface area contributed by atoms with Crippen molar-refractivity contribution >= 4 is 11.3 Å². The van der Waals surface area contributed by atoms with Gasteiger partial charge < -0.3 is 5.73 Å². The molecule has 0 fully saturated rings. The number of thiazole rings is 1.